The van der Waals surface area contributed by atoms with Crippen molar-refractivity contribution >= 4 is 11.8 Å². The number of nitrogens with two attached hydrogens (primary N) is 1. The minimum absolute atomic E-state index is 0.00183. The standard InChI is InChI=1S/C13H25NO6/c1-4-19-12(17)9(15)6-5-7-11(10(16)8-14)20-13(2,3)18/h10-11,16,18H,4-8,14H2,1-3H3/t10-,11?/m1/s1. The maximum absolute atomic E-state index is 11.4. The maximum atomic E-state index is 11.4. The second kappa shape index (κ2) is 9.02. The molecule has 0 spiro atoms. The van der Waals surface area contributed by atoms with E-state index in [0.29, 0.717) is 12.8 Å². The van der Waals surface area contributed by atoms with Gasteiger partial charge in [-0.25, -0.2) is 4.79 Å². The first-order valence-corrected chi connectivity index (χ1v) is 6.69. The fourth-order valence-corrected chi connectivity index (χ4v) is 1.63. The molecule has 20 heavy (non-hydrogen) atoms. The Morgan fingerprint density at radius 3 is 2.40 bits per heavy atom. The summed E-state index contributed by atoms with van der Waals surface area (Å²) in [4.78, 5) is 22.5. The Labute approximate surface area is 119 Å². The third-order valence-corrected chi connectivity index (χ3v) is 2.51. The zero-order valence-corrected chi connectivity index (χ0v) is 12.3. The number of carbonyl (C=O) groups excluding carboxylic acids is 2. The molecule has 0 radical (unpaired) electrons. The number of rotatable bonds is 10. The van der Waals surface area contributed by atoms with E-state index in [1.807, 2.05) is 0 Å². The quantitative estimate of drug-likeness (QED) is 0.288. The number of esters is 1. The molecule has 0 heterocycles. The molecule has 0 aliphatic carbocycles. The number of ketones is 1. The van der Waals surface area contributed by atoms with Crippen LogP contribution in [0.2, 0.25) is 0 Å². The number of hydrogen-bond donors (Lipinski definition) is 3. The minimum atomic E-state index is -1.41. The molecule has 0 aliphatic rings. The highest BCUT2D eigenvalue weighted by Crippen LogP contribution is 2.16. The highest BCUT2D eigenvalue weighted by molar-refractivity contribution is 6.33. The van der Waals surface area contributed by atoms with Crippen molar-refractivity contribution in [3.8, 4) is 0 Å². The van der Waals surface area contributed by atoms with Crippen LogP contribution in [-0.2, 0) is 19.1 Å². The molecule has 0 saturated carbocycles. The molecule has 0 aromatic carbocycles. The molecular formula is C13H25NO6. The molecule has 7 nitrogen and oxygen atoms in total. The van der Waals surface area contributed by atoms with E-state index < -0.39 is 29.7 Å². The van der Waals surface area contributed by atoms with Crippen LogP contribution in [0.15, 0.2) is 0 Å². The number of Topliss-reactive ketones (excluding diaryl/α,β-unsaturated/α-hetero) is 1. The minimum Gasteiger partial charge on any atom is -0.460 e. The van der Waals surface area contributed by atoms with E-state index in [-0.39, 0.29) is 19.6 Å². The van der Waals surface area contributed by atoms with Gasteiger partial charge in [-0.15, -0.1) is 0 Å². The maximum Gasteiger partial charge on any atom is 0.374 e. The Morgan fingerprint density at radius 2 is 1.95 bits per heavy atom. The molecule has 7 heteroatoms. The molecule has 0 fully saturated rings. The Hall–Kier alpha value is -1.02. The third kappa shape index (κ3) is 8.21. The lowest BCUT2D eigenvalue weighted by molar-refractivity contribution is -0.225. The van der Waals surface area contributed by atoms with Gasteiger partial charge in [0.15, 0.2) is 5.79 Å². The van der Waals surface area contributed by atoms with Gasteiger partial charge in [-0.1, -0.05) is 0 Å². The Bertz CT molecular complexity index is 312. The molecular weight excluding hydrogens is 266 g/mol. The molecule has 0 amide bonds. The summed E-state index contributed by atoms with van der Waals surface area (Å²) < 4.78 is 9.86. The summed E-state index contributed by atoms with van der Waals surface area (Å²) >= 11 is 0. The highest BCUT2D eigenvalue weighted by Gasteiger charge is 2.26. The number of aliphatic hydroxyl groups excluding tert-OH is 1. The first kappa shape index (κ1) is 19.0. The van der Waals surface area contributed by atoms with Crippen LogP contribution in [0.4, 0.5) is 0 Å². The van der Waals surface area contributed by atoms with Crippen molar-refractivity contribution in [1.82, 2.24) is 0 Å². The molecule has 0 saturated heterocycles. The van der Waals surface area contributed by atoms with Crippen LogP contribution in [0.5, 0.6) is 0 Å². The van der Waals surface area contributed by atoms with Gasteiger partial charge in [0, 0.05) is 13.0 Å². The number of hydrogen-bond acceptors (Lipinski definition) is 7. The lowest BCUT2D eigenvalue weighted by atomic mass is 10.0. The molecule has 1 unspecified atom stereocenters. The van der Waals surface area contributed by atoms with Gasteiger partial charge in [-0.3, -0.25) is 4.79 Å². The van der Waals surface area contributed by atoms with Crippen LogP contribution >= 0.6 is 0 Å². The summed E-state index contributed by atoms with van der Waals surface area (Å²) in [5.41, 5.74) is 5.36. The van der Waals surface area contributed by atoms with E-state index in [9.17, 15) is 19.8 Å². The molecule has 0 aliphatic heterocycles. The van der Waals surface area contributed by atoms with Crippen molar-refractivity contribution in [2.45, 2.75) is 58.0 Å². The summed E-state index contributed by atoms with van der Waals surface area (Å²) in [5.74, 6) is -2.88. The van der Waals surface area contributed by atoms with Crippen molar-refractivity contribution < 1.29 is 29.3 Å². The van der Waals surface area contributed by atoms with E-state index in [1.54, 1.807) is 6.92 Å². The Kier molecular flexibility index (Phi) is 8.56. The van der Waals surface area contributed by atoms with Crippen molar-refractivity contribution in [3.63, 3.8) is 0 Å². The van der Waals surface area contributed by atoms with Crippen molar-refractivity contribution in [3.05, 3.63) is 0 Å². The monoisotopic (exact) mass is 291 g/mol. The van der Waals surface area contributed by atoms with Crippen molar-refractivity contribution in [2.75, 3.05) is 13.2 Å². The summed E-state index contributed by atoms with van der Waals surface area (Å²) in [6.07, 6.45) is -1.01. The molecule has 118 valence electrons. The lowest BCUT2D eigenvalue weighted by Gasteiger charge is -2.29. The third-order valence-electron chi connectivity index (χ3n) is 2.51. The smallest absolute Gasteiger partial charge is 0.374 e. The van der Waals surface area contributed by atoms with Crippen LogP contribution in [0.25, 0.3) is 0 Å². The summed E-state index contributed by atoms with van der Waals surface area (Å²) in [5, 5.41) is 19.3. The van der Waals surface area contributed by atoms with Gasteiger partial charge in [-0.2, -0.15) is 0 Å². The largest absolute Gasteiger partial charge is 0.460 e. The highest BCUT2D eigenvalue weighted by atomic mass is 16.6. The van der Waals surface area contributed by atoms with Crippen LogP contribution in [0, 0.1) is 0 Å². The molecule has 4 N–H and O–H groups in total. The number of ether oxygens (including phenoxy) is 2. The second-order valence-electron chi connectivity index (χ2n) is 4.94. The van der Waals surface area contributed by atoms with E-state index in [2.05, 4.69) is 4.74 Å². The van der Waals surface area contributed by atoms with Crippen molar-refractivity contribution in [2.24, 2.45) is 5.73 Å². The molecule has 0 bridgehead atoms. The number of carbonyl (C=O) groups is 2. The zero-order chi connectivity index (χ0) is 15.8. The van der Waals surface area contributed by atoms with Crippen molar-refractivity contribution in [1.29, 1.82) is 0 Å². The van der Waals surface area contributed by atoms with Crippen LogP contribution in [-0.4, -0.2) is 53.1 Å². The van der Waals surface area contributed by atoms with Crippen LogP contribution in [0.3, 0.4) is 0 Å². The summed E-state index contributed by atoms with van der Waals surface area (Å²) in [6, 6.07) is 0. The average Bonchev–Trinajstić information content (AvgIpc) is 2.35. The number of aliphatic hydroxyl groups is 2. The van der Waals surface area contributed by atoms with Gasteiger partial charge in [0.25, 0.3) is 0 Å². The Morgan fingerprint density at radius 1 is 1.35 bits per heavy atom. The van der Waals surface area contributed by atoms with E-state index >= 15 is 0 Å². The normalized spacial score (nSPS) is 14.7. The Balaban J connectivity index is 4.27. The first-order chi connectivity index (χ1) is 9.21. The van der Waals surface area contributed by atoms with E-state index in [4.69, 9.17) is 10.5 Å². The predicted octanol–water partition coefficient (Wildman–Crippen LogP) is -0.278. The fraction of sp³-hybridized carbons (Fsp3) is 0.846. The van der Waals surface area contributed by atoms with E-state index in [0.717, 1.165) is 0 Å². The second-order valence-corrected chi connectivity index (χ2v) is 4.94. The average molecular weight is 291 g/mol. The summed E-state index contributed by atoms with van der Waals surface area (Å²) in [7, 11) is 0. The van der Waals surface area contributed by atoms with Gasteiger partial charge in [-0.05, 0) is 33.6 Å². The topological polar surface area (TPSA) is 119 Å². The van der Waals surface area contributed by atoms with Gasteiger partial charge in [0.05, 0.1) is 18.8 Å². The first-order valence-electron chi connectivity index (χ1n) is 6.69. The molecule has 0 aromatic heterocycles. The van der Waals surface area contributed by atoms with Crippen LogP contribution in [0.1, 0.15) is 40.0 Å². The molecule has 0 aromatic rings. The van der Waals surface area contributed by atoms with Gasteiger partial charge < -0.3 is 25.4 Å². The SMILES string of the molecule is CCOC(=O)C(=O)CCCC(OC(C)(C)O)[C@H](O)CN. The van der Waals surface area contributed by atoms with E-state index in [1.165, 1.54) is 13.8 Å². The van der Waals surface area contributed by atoms with Gasteiger partial charge in [0.2, 0.25) is 5.78 Å². The zero-order valence-electron chi connectivity index (χ0n) is 12.3. The van der Waals surface area contributed by atoms with Crippen LogP contribution < -0.4 is 5.73 Å². The fourth-order valence-electron chi connectivity index (χ4n) is 1.63. The summed E-state index contributed by atoms with van der Waals surface area (Å²) in [6.45, 7) is 4.63. The molecule has 0 rings (SSSR count). The molecule has 2 atom stereocenters. The van der Waals surface area contributed by atoms with Gasteiger partial charge in [0.1, 0.15) is 0 Å². The lowest BCUT2D eigenvalue weighted by Crippen LogP contribution is -2.41. The predicted molar refractivity (Wildman–Crippen MR) is 71.7 cm³/mol. The van der Waals surface area contributed by atoms with Gasteiger partial charge >= 0.3 is 5.97 Å².